The van der Waals surface area contributed by atoms with Crippen molar-refractivity contribution < 1.29 is 0 Å². The summed E-state index contributed by atoms with van der Waals surface area (Å²) in [6, 6.07) is 0. The zero-order valence-electron chi connectivity index (χ0n) is 11.6. The minimum atomic E-state index is 0.497. The Morgan fingerprint density at radius 2 is 2.10 bits per heavy atom. The number of anilines is 2. The smallest absolute Gasteiger partial charge is 0.241 e. The van der Waals surface area contributed by atoms with Gasteiger partial charge in [0.25, 0.3) is 0 Å². The highest BCUT2D eigenvalue weighted by Gasteiger charge is 2.07. The normalized spacial score (nSPS) is 10.6. The van der Waals surface area contributed by atoms with Gasteiger partial charge in [0.05, 0.1) is 11.6 Å². The molecule has 0 saturated carbocycles. The molecule has 3 heterocycles. The summed E-state index contributed by atoms with van der Waals surface area (Å²) >= 11 is 1.64. The SMILES string of the molecule is CNc1nc(NCc2cnc(C)s2)nc(-n2ccnc2)n1. The number of rotatable bonds is 5. The van der Waals surface area contributed by atoms with E-state index in [0.29, 0.717) is 24.4 Å². The van der Waals surface area contributed by atoms with Gasteiger partial charge in [0, 0.05) is 30.5 Å². The van der Waals surface area contributed by atoms with Crippen LogP contribution in [-0.2, 0) is 6.54 Å². The maximum absolute atomic E-state index is 4.38. The lowest BCUT2D eigenvalue weighted by Crippen LogP contribution is -2.10. The minimum absolute atomic E-state index is 0.497. The van der Waals surface area contributed by atoms with E-state index in [2.05, 4.69) is 35.6 Å². The van der Waals surface area contributed by atoms with Gasteiger partial charge < -0.3 is 10.6 Å². The fraction of sp³-hybridized carbons (Fsp3) is 0.250. The zero-order chi connectivity index (χ0) is 14.7. The molecule has 9 heteroatoms. The van der Waals surface area contributed by atoms with Gasteiger partial charge in [0.1, 0.15) is 6.33 Å². The summed E-state index contributed by atoms with van der Waals surface area (Å²) in [4.78, 5) is 22.3. The third-order valence-electron chi connectivity index (χ3n) is 2.67. The maximum Gasteiger partial charge on any atom is 0.241 e. The molecule has 0 saturated heterocycles. The predicted octanol–water partition coefficient (Wildman–Crippen LogP) is 1.48. The minimum Gasteiger partial charge on any atom is -0.357 e. The van der Waals surface area contributed by atoms with Crippen LogP contribution in [0.3, 0.4) is 0 Å². The fourth-order valence-corrected chi connectivity index (χ4v) is 2.44. The summed E-state index contributed by atoms with van der Waals surface area (Å²) in [7, 11) is 1.77. The predicted molar refractivity (Wildman–Crippen MR) is 80.7 cm³/mol. The first-order valence-electron chi connectivity index (χ1n) is 6.32. The fourth-order valence-electron chi connectivity index (χ4n) is 1.70. The third-order valence-corrected chi connectivity index (χ3v) is 3.59. The Labute approximate surface area is 125 Å². The van der Waals surface area contributed by atoms with Gasteiger partial charge >= 0.3 is 0 Å². The monoisotopic (exact) mass is 302 g/mol. The van der Waals surface area contributed by atoms with Gasteiger partial charge in [0.15, 0.2) is 0 Å². The molecule has 0 aromatic carbocycles. The largest absolute Gasteiger partial charge is 0.357 e. The second-order valence-electron chi connectivity index (χ2n) is 4.20. The first-order valence-corrected chi connectivity index (χ1v) is 7.13. The molecule has 3 aromatic rings. The Kier molecular flexibility index (Phi) is 3.73. The molecule has 0 fully saturated rings. The van der Waals surface area contributed by atoms with Crippen molar-refractivity contribution in [2.24, 2.45) is 0 Å². The van der Waals surface area contributed by atoms with Crippen LogP contribution in [0.25, 0.3) is 5.95 Å². The molecule has 21 heavy (non-hydrogen) atoms. The molecular formula is C12H14N8S. The first kappa shape index (κ1) is 13.4. The summed E-state index contributed by atoms with van der Waals surface area (Å²) in [5, 5.41) is 7.15. The van der Waals surface area contributed by atoms with Crippen LogP contribution >= 0.6 is 11.3 Å². The average Bonchev–Trinajstić information content (AvgIpc) is 3.16. The van der Waals surface area contributed by atoms with E-state index >= 15 is 0 Å². The van der Waals surface area contributed by atoms with Crippen LogP contribution in [0.15, 0.2) is 24.9 Å². The van der Waals surface area contributed by atoms with Crippen LogP contribution in [0, 0.1) is 6.92 Å². The summed E-state index contributed by atoms with van der Waals surface area (Å²) in [5.41, 5.74) is 0. The molecule has 0 aliphatic heterocycles. The molecule has 0 unspecified atom stereocenters. The Hall–Kier alpha value is -2.55. The lowest BCUT2D eigenvalue weighted by atomic mass is 10.5. The molecular weight excluding hydrogens is 288 g/mol. The van der Waals surface area contributed by atoms with Crippen molar-refractivity contribution in [3.63, 3.8) is 0 Å². The van der Waals surface area contributed by atoms with Gasteiger partial charge in [-0.3, -0.25) is 4.57 Å². The zero-order valence-corrected chi connectivity index (χ0v) is 12.4. The van der Waals surface area contributed by atoms with Gasteiger partial charge in [-0.15, -0.1) is 11.3 Å². The first-order chi connectivity index (χ1) is 10.2. The van der Waals surface area contributed by atoms with Crippen LogP contribution < -0.4 is 10.6 Å². The highest BCUT2D eigenvalue weighted by molar-refractivity contribution is 7.11. The molecule has 8 nitrogen and oxygen atoms in total. The molecule has 0 radical (unpaired) electrons. The van der Waals surface area contributed by atoms with E-state index < -0.39 is 0 Å². The molecule has 0 atom stereocenters. The van der Waals surface area contributed by atoms with Crippen LogP contribution in [0.4, 0.5) is 11.9 Å². The molecule has 0 aliphatic rings. The van der Waals surface area contributed by atoms with Gasteiger partial charge in [-0.25, -0.2) is 9.97 Å². The van der Waals surface area contributed by atoms with E-state index in [-0.39, 0.29) is 0 Å². The van der Waals surface area contributed by atoms with Crippen molar-refractivity contribution in [2.45, 2.75) is 13.5 Å². The number of aromatic nitrogens is 6. The van der Waals surface area contributed by atoms with Crippen molar-refractivity contribution in [3.8, 4) is 5.95 Å². The van der Waals surface area contributed by atoms with E-state index in [1.54, 1.807) is 41.7 Å². The van der Waals surface area contributed by atoms with Gasteiger partial charge in [-0.05, 0) is 6.92 Å². The van der Waals surface area contributed by atoms with E-state index in [4.69, 9.17) is 0 Å². The quantitative estimate of drug-likeness (QED) is 0.737. The van der Waals surface area contributed by atoms with E-state index in [1.165, 1.54) is 0 Å². The highest BCUT2D eigenvalue weighted by Crippen LogP contribution is 2.14. The summed E-state index contributed by atoms with van der Waals surface area (Å²) in [6.07, 6.45) is 6.95. The number of imidazole rings is 1. The van der Waals surface area contributed by atoms with Crippen molar-refractivity contribution in [2.75, 3.05) is 17.7 Å². The molecule has 0 spiro atoms. The second kappa shape index (κ2) is 5.83. The summed E-state index contributed by atoms with van der Waals surface area (Å²) in [5.74, 6) is 1.51. The van der Waals surface area contributed by atoms with Crippen molar-refractivity contribution in [1.29, 1.82) is 0 Å². The van der Waals surface area contributed by atoms with Crippen molar-refractivity contribution in [3.05, 3.63) is 34.8 Å². The summed E-state index contributed by atoms with van der Waals surface area (Å²) < 4.78 is 1.73. The molecule has 3 aromatic heterocycles. The van der Waals surface area contributed by atoms with Crippen LogP contribution in [0.2, 0.25) is 0 Å². The average molecular weight is 302 g/mol. The topological polar surface area (TPSA) is 93.4 Å². The maximum atomic E-state index is 4.38. The van der Waals surface area contributed by atoms with Gasteiger partial charge in [0.2, 0.25) is 17.8 Å². The number of hydrogen-bond acceptors (Lipinski definition) is 8. The second-order valence-corrected chi connectivity index (χ2v) is 5.52. The van der Waals surface area contributed by atoms with Crippen LogP contribution in [0.5, 0.6) is 0 Å². The van der Waals surface area contributed by atoms with Crippen molar-refractivity contribution >= 4 is 23.2 Å². The number of hydrogen-bond donors (Lipinski definition) is 2. The molecule has 108 valence electrons. The lowest BCUT2D eigenvalue weighted by Gasteiger charge is -2.08. The standard InChI is InChI=1S/C12H14N8S/c1-8-15-5-9(21-8)6-16-11-17-10(13-2)18-12(19-11)20-4-3-14-7-20/h3-5,7H,6H2,1-2H3,(H2,13,16,17,18,19). The number of thiazole rings is 1. The van der Waals surface area contributed by atoms with Crippen molar-refractivity contribution in [1.82, 2.24) is 29.5 Å². The Bertz CT molecular complexity index is 721. The van der Waals surface area contributed by atoms with Gasteiger partial charge in [-0.2, -0.15) is 15.0 Å². The highest BCUT2D eigenvalue weighted by atomic mass is 32.1. The number of aryl methyl sites for hydroxylation is 1. The van der Waals surface area contributed by atoms with E-state index in [0.717, 1.165) is 9.88 Å². The van der Waals surface area contributed by atoms with E-state index in [9.17, 15) is 0 Å². The molecule has 0 aliphatic carbocycles. The number of nitrogens with one attached hydrogen (secondary N) is 2. The third kappa shape index (κ3) is 3.14. The van der Waals surface area contributed by atoms with Crippen LogP contribution in [0.1, 0.15) is 9.88 Å². The molecule has 3 rings (SSSR count). The molecule has 0 amide bonds. The Morgan fingerprint density at radius 3 is 2.76 bits per heavy atom. The lowest BCUT2D eigenvalue weighted by molar-refractivity contribution is 0.892. The molecule has 0 bridgehead atoms. The van der Waals surface area contributed by atoms with Crippen LogP contribution in [-0.4, -0.2) is 36.5 Å². The van der Waals surface area contributed by atoms with Gasteiger partial charge in [-0.1, -0.05) is 0 Å². The summed E-state index contributed by atoms with van der Waals surface area (Å²) in [6.45, 7) is 2.61. The van der Waals surface area contributed by atoms with E-state index in [1.807, 2.05) is 13.1 Å². The Morgan fingerprint density at radius 1 is 1.24 bits per heavy atom. The molecule has 2 N–H and O–H groups in total. The number of nitrogens with zero attached hydrogens (tertiary/aromatic N) is 6. The Balaban J connectivity index is 1.82.